The van der Waals surface area contributed by atoms with Crippen molar-refractivity contribution in [1.29, 1.82) is 0 Å². The summed E-state index contributed by atoms with van der Waals surface area (Å²) in [7, 11) is 0. The van der Waals surface area contributed by atoms with E-state index in [9.17, 15) is 0 Å². The Morgan fingerprint density at radius 1 is 1.17 bits per heavy atom. The molecule has 0 aliphatic rings. The Balaban J connectivity index is 1.68. The minimum absolute atomic E-state index is 0.748. The molecule has 5 nitrogen and oxygen atoms in total. The fourth-order valence-corrected chi connectivity index (χ4v) is 2.07. The normalized spacial score (nSPS) is 10.4. The fraction of sp³-hybridized carbons (Fsp3) is 0.0833. The van der Waals surface area contributed by atoms with Gasteiger partial charge in [0.05, 0.1) is 5.69 Å². The maximum Gasteiger partial charge on any atom is 0.202 e. The second-order valence-electron chi connectivity index (χ2n) is 3.77. The van der Waals surface area contributed by atoms with Crippen LogP contribution in [0.5, 0.6) is 0 Å². The van der Waals surface area contributed by atoms with Gasteiger partial charge in [-0.3, -0.25) is 5.10 Å². The third kappa shape index (κ3) is 2.38. The van der Waals surface area contributed by atoms with Gasteiger partial charge in [-0.15, -0.1) is 0 Å². The molecular weight excluding hydrogens is 246 g/mol. The largest absolute Gasteiger partial charge is 0.356 e. The van der Waals surface area contributed by atoms with Crippen molar-refractivity contribution in [1.82, 2.24) is 19.6 Å². The first kappa shape index (κ1) is 10.9. The predicted molar refractivity (Wildman–Crippen MR) is 71.3 cm³/mol. The van der Waals surface area contributed by atoms with Crippen LogP contribution in [0.2, 0.25) is 0 Å². The third-order valence-electron chi connectivity index (χ3n) is 2.57. The van der Waals surface area contributed by atoms with Gasteiger partial charge in [0.1, 0.15) is 6.33 Å². The van der Waals surface area contributed by atoms with E-state index in [1.54, 1.807) is 12.5 Å². The summed E-state index contributed by atoms with van der Waals surface area (Å²) in [5.41, 5.74) is 3.36. The maximum atomic E-state index is 4.07. The van der Waals surface area contributed by atoms with E-state index in [2.05, 4.69) is 49.1 Å². The molecule has 3 rings (SSSR count). The Morgan fingerprint density at radius 2 is 2.06 bits per heavy atom. The first-order valence-corrected chi connectivity index (χ1v) is 6.28. The van der Waals surface area contributed by atoms with Gasteiger partial charge in [0.15, 0.2) is 0 Å². The Kier molecular flexibility index (Phi) is 3.01. The van der Waals surface area contributed by atoms with Crippen molar-refractivity contribution >= 4 is 16.7 Å². The molecule has 0 spiro atoms. The lowest BCUT2D eigenvalue weighted by molar-refractivity contribution is 1.09. The smallest absolute Gasteiger partial charge is 0.202 e. The zero-order valence-electron chi connectivity index (χ0n) is 9.50. The van der Waals surface area contributed by atoms with Gasteiger partial charge in [0.25, 0.3) is 0 Å². The van der Waals surface area contributed by atoms with E-state index in [1.807, 2.05) is 6.07 Å². The van der Waals surface area contributed by atoms with Gasteiger partial charge in [0.2, 0.25) is 5.13 Å². The van der Waals surface area contributed by atoms with Crippen LogP contribution >= 0.6 is 11.5 Å². The molecule has 0 fully saturated rings. The molecule has 2 N–H and O–H groups in total. The summed E-state index contributed by atoms with van der Waals surface area (Å²) < 4.78 is 3.94. The molecule has 0 bridgehead atoms. The van der Waals surface area contributed by atoms with Crippen LogP contribution in [-0.2, 0) is 6.54 Å². The summed E-state index contributed by atoms with van der Waals surface area (Å²) in [6, 6.07) is 10.3. The highest BCUT2D eigenvalue weighted by molar-refractivity contribution is 7.09. The van der Waals surface area contributed by atoms with E-state index in [-0.39, 0.29) is 0 Å². The van der Waals surface area contributed by atoms with E-state index in [0.717, 1.165) is 22.9 Å². The highest BCUT2D eigenvalue weighted by Gasteiger charge is 2.00. The minimum atomic E-state index is 0.748. The minimum Gasteiger partial charge on any atom is -0.356 e. The van der Waals surface area contributed by atoms with E-state index < -0.39 is 0 Å². The number of aromatic amines is 1. The molecule has 0 saturated carbocycles. The van der Waals surface area contributed by atoms with Crippen LogP contribution in [0.15, 0.2) is 42.9 Å². The van der Waals surface area contributed by atoms with Crippen LogP contribution in [0.1, 0.15) is 5.56 Å². The van der Waals surface area contributed by atoms with Gasteiger partial charge in [0, 0.05) is 24.3 Å². The number of hydrogen-bond donors (Lipinski definition) is 2. The lowest BCUT2D eigenvalue weighted by Crippen LogP contribution is -1.98. The molecule has 1 aromatic carbocycles. The second-order valence-corrected chi connectivity index (χ2v) is 4.55. The van der Waals surface area contributed by atoms with E-state index in [1.165, 1.54) is 17.1 Å². The number of nitrogens with zero attached hydrogens (tertiary/aromatic N) is 3. The monoisotopic (exact) mass is 257 g/mol. The van der Waals surface area contributed by atoms with Crippen molar-refractivity contribution in [3.8, 4) is 11.3 Å². The Hall–Kier alpha value is -2.21. The van der Waals surface area contributed by atoms with Gasteiger partial charge in [-0.2, -0.15) is 9.47 Å². The van der Waals surface area contributed by atoms with Gasteiger partial charge in [-0.25, -0.2) is 4.98 Å². The SMILES string of the molecule is c1cc(-c2ccc(CNc3ncns3)cc2)[nH]n1. The lowest BCUT2D eigenvalue weighted by Gasteiger charge is -2.03. The van der Waals surface area contributed by atoms with Crippen LogP contribution in [0.25, 0.3) is 11.3 Å². The molecule has 0 aliphatic carbocycles. The molecule has 0 aliphatic heterocycles. The zero-order chi connectivity index (χ0) is 12.2. The summed E-state index contributed by atoms with van der Waals surface area (Å²) >= 11 is 1.36. The van der Waals surface area contributed by atoms with E-state index in [4.69, 9.17) is 0 Å². The summed E-state index contributed by atoms with van der Waals surface area (Å²) in [6.45, 7) is 0.748. The summed E-state index contributed by atoms with van der Waals surface area (Å²) in [5.74, 6) is 0. The standard InChI is InChI=1S/C12H11N5S/c1-3-10(11-5-6-15-17-11)4-2-9(1)7-13-12-14-8-16-18-12/h1-6,8H,7H2,(H,15,17)(H,13,14,16). The lowest BCUT2D eigenvalue weighted by atomic mass is 10.1. The summed E-state index contributed by atoms with van der Waals surface area (Å²) in [5, 5.41) is 10.9. The molecule has 90 valence electrons. The number of nitrogens with one attached hydrogen (secondary N) is 2. The molecule has 0 radical (unpaired) electrons. The number of anilines is 1. The van der Waals surface area contributed by atoms with Crippen molar-refractivity contribution in [2.45, 2.75) is 6.54 Å². The zero-order valence-corrected chi connectivity index (χ0v) is 10.3. The van der Waals surface area contributed by atoms with Crippen LogP contribution < -0.4 is 5.32 Å². The topological polar surface area (TPSA) is 66.5 Å². The van der Waals surface area contributed by atoms with Crippen molar-refractivity contribution in [2.24, 2.45) is 0 Å². The maximum absolute atomic E-state index is 4.07. The highest BCUT2D eigenvalue weighted by Crippen LogP contribution is 2.17. The third-order valence-corrected chi connectivity index (χ3v) is 3.19. The van der Waals surface area contributed by atoms with Crippen LogP contribution in [0.3, 0.4) is 0 Å². The summed E-state index contributed by atoms with van der Waals surface area (Å²) in [6.07, 6.45) is 3.30. The number of rotatable bonds is 4. The van der Waals surface area contributed by atoms with Crippen LogP contribution in [-0.4, -0.2) is 19.6 Å². The second kappa shape index (κ2) is 4.97. The molecule has 0 atom stereocenters. The van der Waals surface area contributed by atoms with Crippen LogP contribution in [0, 0.1) is 0 Å². The number of benzene rings is 1. The number of aromatic nitrogens is 4. The molecule has 0 unspecified atom stereocenters. The molecule has 0 amide bonds. The fourth-order valence-electron chi connectivity index (χ4n) is 1.65. The molecule has 6 heteroatoms. The Labute approximate surface area is 108 Å². The van der Waals surface area contributed by atoms with Crippen molar-refractivity contribution in [2.75, 3.05) is 5.32 Å². The number of hydrogen-bond acceptors (Lipinski definition) is 5. The first-order valence-electron chi connectivity index (χ1n) is 5.51. The van der Waals surface area contributed by atoms with Gasteiger partial charge < -0.3 is 5.32 Å². The molecule has 3 aromatic rings. The molecular formula is C12H11N5S. The highest BCUT2D eigenvalue weighted by atomic mass is 32.1. The Bertz CT molecular complexity index is 586. The van der Waals surface area contributed by atoms with Crippen molar-refractivity contribution in [3.05, 3.63) is 48.4 Å². The molecule has 0 saturated heterocycles. The van der Waals surface area contributed by atoms with Crippen LogP contribution in [0.4, 0.5) is 5.13 Å². The summed E-state index contributed by atoms with van der Waals surface area (Å²) in [4.78, 5) is 4.07. The quantitative estimate of drug-likeness (QED) is 0.753. The average molecular weight is 257 g/mol. The van der Waals surface area contributed by atoms with Crippen molar-refractivity contribution in [3.63, 3.8) is 0 Å². The predicted octanol–water partition coefficient (Wildman–Crippen LogP) is 2.54. The first-order chi connectivity index (χ1) is 8.92. The van der Waals surface area contributed by atoms with Gasteiger partial charge >= 0.3 is 0 Å². The van der Waals surface area contributed by atoms with Gasteiger partial charge in [-0.05, 0) is 17.2 Å². The molecule has 2 aromatic heterocycles. The van der Waals surface area contributed by atoms with E-state index >= 15 is 0 Å². The molecule has 18 heavy (non-hydrogen) atoms. The van der Waals surface area contributed by atoms with Crippen molar-refractivity contribution < 1.29 is 0 Å². The Morgan fingerprint density at radius 3 is 2.72 bits per heavy atom. The van der Waals surface area contributed by atoms with E-state index in [0.29, 0.717) is 0 Å². The average Bonchev–Trinajstić information content (AvgIpc) is 3.10. The molecule has 2 heterocycles. The number of H-pyrrole nitrogens is 1. The van der Waals surface area contributed by atoms with Gasteiger partial charge in [-0.1, -0.05) is 24.3 Å².